The van der Waals surface area contributed by atoms with Gasteiger partial charge in [-0.2, -0.15) is 5.10 Å². The lowest BCUT2D eigenvalue weighted by atomic mass is 9.79. The molecule has 21 heavy (non-hydrogen) atoms. The van der Waals surface area contributed by atoms with Crippen LogP contribution in [0.4, 0.5) is 0 Å². The summed E-state index contributed by atoms with van der Waals surface area (Å²) >= 11 is 0. The van der Waals surface area contributed by atoms with Crippen LogP contribution < -0.4 is 5.32 Å². The lowest BCUT2D eigenvalue weighted by Gasteiger charge is -2.32. The number of aromatic nitrogens is 3. The van der Waals surface area contributed by atoms with Crippen LogP contribution in [0.15, 0.2) is 24.5 Å². The number of hydrogen-bond acceptors (Lipinski definition) is 3. The van der Waals surface area contributed by atoms with Crippen LogP contribution in [0.3, 0.4) is 0 Å². The van der Waals surface area contributed by atoms with Gasteiger partial charge in [-0.15, -0.1) is 0 Å². The zero-order chi connectivity index (χ0) is 14.8. The minimum absolute atomic E-state index is 0.303. The lowest BCUT2D eigenvalue weighted by Crippen LogP contribution is -2.30. The monoisotopic (exact) mass is 284 g/mol. The summed E-state index contributed by atoms with van der Waals surface area (Å²) in [6.45, 7) is 5.22. The van der Waals surface area contributed by atoms with Gasteiger partial charge in [0.15, 0.2) is 0 Å². The molecule has 4 nitrogen and oxygen atoms in total. The number of fused-ring (bicyclic) bond motifs is 1. The van der Waals surface area contributed by atoms with Crippen LogP contribution in [0.1, 0.15) is 54.2 Å². The smallest absolute Gasteiger partial charge is 0.0641 e. The Morgan fingerprint density at radius 1 is 1.48 bits per heavy atom. The molecule has 112 valence electrons. The molecule has 2 unspecified atom stereocenters. The summed E-state index contributed by atoms with van der Waals surface area (Å²) in [4.78, 5) is 4.70. The van der Waals surface area contributed by atoms with Crippen molar-refractivity contribution in [2.75, 3.05) is 6.54 Å². The number of rotatable bonds is 4. The van der Waals surface area contributed by atoms with E-state index in [4.69, 9.17) is 4.98 Å². The van der Waals surface area contributed by atoms with E-state index in [9.17, 15) is 0 Å². The molecule has 0 saturated carbocycles. The topological polar surface area (TPSA) is 42.7 Å². The zero-order valence-corrected chi connectivity index (χ0v) is 13.1. The standard InChI is InChI=1S/C17H24N4/c1-4-18-17(15-11-21(3)20-12(15)2)14-9-5-7-13-8-6-10-19-16(13)14/h6,8,10-11,14,17-18H,4-5,7,9H2,1-3H3. The highest BCUT2D eigenvalue weighted by Gasteiger charge is 2.31. The highest BCUT2D eigenvalue weighted by atomic mass is 15.3. The van der Waals surface area contributed by atoms with Crippen molar-refractivity contribution in [3.05, 3.63) is 47.0 Å². The van der Waals surface area contributed by atoms with Gasteiger partial charge in [0, 0.05) is 42.7 Å². The van der Waals surface area contributed by atoms with Gasteiger partial charge in [-0.25, -0.2) is 0 Å². The normalized spacial score (nSPS) is 19.3. The molecule has 2 aromatic rings. The highest BCUT2D eigenvalue weighted by molar-refractivity contribution is 5.32. The molecule has 0 aliphatic heterocycles. The molecule has 0 aromatic carbocycles. The molecule has 1 N–H and O–H groups in total. The van der Waals surface area contributed by atoms with E-state index in [1.165, 1.54) is 29.7 Å². The Labute approximate surface area is 126 Å². The summed E-state index contributed by atoms with van der Waals surface area (Å²) in [6.07, 6.45) is 7.67. The fraction of sp³-hybridized carbons (Fsp3) is 0.529. The van der Waals surface area contributed by atoms with Crippen LogP contribution in [-0.2, 0) is 13.5 Å². The Bertz CT molecular complexity index is 617. The van der Waals surface area contributed by atoms with E-state index in [0.717, 1.165) is 18.7 Å². The Kier molecular flexibility index (Phi) is 4.06. The largest absolute Gasteiger partial charge is 0.310 e. The van der Waals surface area contributed by atoms with Crippen LogP contribution in [-0.4, -0.2) is 21.3 Å². The molecule has 1 aliphatic carbocycles. The number of likely N-dealkylation sites (N-methyl/N-ethyl adjacent to an activating group) is 1. The molecule has 0 bridgehead atoms. The number of nitrogens with one attached hydrogen (secondary N) is 1. The van der Waals surface area contributed by atoms with Crippen molar-refractivity contribution in [2.45, 2.75) is 45.1 Å². The maximum Gasteiger partial charge on any atom is 0.0641 e. The molecule has 0 amide bonds. The number of pyridine rings is 1. The van der Waals surface area contributed by atoms with Gasteiger partial charge in [-0.05, 0) is 44.4 Å². The van der Waals surface area contributed by atoms with Gasteiger partial charge < -0.3 is 5.32 Å². The summed E-state index contributed by atoms with van der Waals surface area (Å²) in [5.74, 6) is 0.442. The first-order chi connectivity index (χ1) is 10.2. The van der Waals surface area contributed by atoms with Gasteiger partial charge in [-0.3, -0.25) is 9.67 Å². The fourth-order valence-corrected chi connectivity index (χ4v) is 3.58. The third-order valence-electron chi connectivity index (χ3n) is 4.45. The van der Waals surface area contributed by atoms with Crippen LogP contribution in [0, 0.1) is 6.92 Å². The Balaban J connectivity index is 2.01. The first kappa shape index (κ1) is 14.3. The molecule has 2 heterocycles. The number of nitrogens with zero attached hydrogens (tertiary/aromatic N) is 3. The maximum atomic E-state index is 4.70. The van der Waals surface area contributed by atoms with Gasteiger partial charge in [0.1, 0.15) is 0 Å². The maximum absolute atomic E-state index is 4.70. The van der Waals surface area contributed by atoms with Crippen molar-refractivity contribution in [1.29, 1.82) is 0 Å². The highest BCUT2D eigenvalue weighted by Crippen LogP contribution is 2.39. The third-order valence-corrected chi connectivity index (χ3v) is 4.45. The van der Waals surface area contributed by atoms with E-state index in [1.54, 1.807) is 0 Å². The van der Waals surface area contributed by atoms with Crippen LogP contribution in [0.5, 0.6) is 0 Å². The number of aryl methyl sites for hydroxylation is 3. The second kappa shape index (κ2) is 5.98. The van der Waals surface area contributed by atoms with Crippen molar-refractivity contribution in [3.63, 3.8) is 0 Å². The van der Waals surface area contributed by atoms with E-state index in [1.807, 2.05) is 17.9 Å². The molecule has 1 aliphatic rings. The van der Waals surface area contributed by atoms with Crippen LogP contribution in [0.2, 0.25) is 0 Å². The molecule has 2 atom stereocenters. The average molecular weight is 284 g/mol. The molecule has 3 rings (SSSR count). The zero-order valence-electron chi connectivity index (χ0n) is 13.1. The Morgan fingerprint density at radius 2 is 2.33 bits per heavy atom. The number of hydrogen-bond donors (Lipinski definition) is 1. The Morgan fingerprint density at radius 3 is 3.05 bits per heavy atom. The molecule has 2 aromatic heterocycles. The summed E-state index contributed by atoms with van der Waals surface area (Å²) < 4.78 is 1.91. The molecule has 4 heteroatoms. The van der Waals surface area contributed by atoms with Gasteiger partial charge >= 0.3 is 0 Å². The quantitative estimate of drug-likeness (QED) is 0.938. The Hall–Kier alpha value is -1.68. The summed E-state index contributed by atoms with van der Waals surface area (Å²) in [6, 6.07) is 4.59. The van der Waals surface area contributed by atoms with E-state index in [0.29, 0.717) is 12.0 Å². The molecule has 0 fully saturated rings. The molecule has 0 saturated heterocycles. The van der Waals surface area contributed by atoms with Crippen molar-refractivity contribution in [2.24, 2.45) is 7.05 Å². The SMILES string of the molecule is CCNC(c1cn(C)nc1C)C1CCCc2cccnc21. The van der Waals surface area contributed by atoms with E-state index >= 15 is 0 Å². The minimum Gasteiger partial charge on any atom is -0.310 e. The third kappa shape index (κ3) is 2.72. The molecular formula is C17H24N4. The second-order valence-corrected chi connectivity index (χ2v) is 5.93. The predicted octanol–water partition coefficient (Wildman–Crippen LogP) is 2.89. The van der Waals surface area contributed by atoms with E-state index in [2.05, 4.69) is 42.6 Å². The van der Waals surface area contributed by atoms with Gasteiger partial charge in [-0.1, -0.05) is 13.0 Å². The van der Waals surface area contributed by atoms with E-state index in [-0.39, 0.29) is 0 Å². The van der Waals surface area contributed by atoms with Gasteiger partial charge in [0.2, 0.25) is 0 Å². The molecule has 0 spiro atoms. The second-order valence-electron chi connectivity index (χ2n) is 5.93. The molecular weight excluding hydrogens is 260 g/mol. The first-order valence-corrected chi connectivity index (χ1v) is 7.88. The molecule has 0 radical (unpaired) electrons. The van der Waals surface area contributed by atoms with Gasteiger partial charge in [0.25, 0.3) is 0 Å². The minimum atomic E-state index is 0.303. The summed E-state index contributed by atoms with van der Waals surface area (Å²) in [7, 11) is 1.99. The fourth-order valence-electron chi connectivity index (χ4n) is 3.58. The van der Waals surface area contributed by atoms with Crippen LogP contribution in [0.25, 0.3) is 0 Å². The predicted molar refractivity (Wildman–Crippen MR) is 84.3 cm³/mol. The van der Waals surface area contributed by atoms with Crippen molar-refractivity contribution in [3.8, 4) is 0 Å². The van der Waals surface area contributed by atoms with Crippen LogP contribution >= 0.6 is 0 Å². The summed E-state index contributed by atoms with van der Waals surface area (Å²) in [5.41, 5.74) is 5.12. The van der Waals surface area contributed by atoms with Crippen molar-refractivity contribution in [1.82, 2.24) is 20.1 Å². The van der Waals surface area contributed by atoms with Crippen molar-refractivity contribution < 1.29 is 0 Å². The average Bonchev–Trinajstić information content (AvgIpc) is 2.83. The van der Waals surface area contributed by atoms with E-state index < -0.39 is 0 Å². The first-order valence-electron chi connectivity index (χ1n) is 7.88. The summed E-state index contributed by atoms with van der Waals surface area (Å²) in [5, 5.41) is 8.19. The van der Waals surface area contributed by atoms with Crippen molar-refractivity contribution >= 4 is 0 Å². The lowest BCUT2D eigenvalue weighted by molar-refractivity contribution is 0.399. The van der Waals surface area contributed by atoms with Gasteiger partial charge in [0.05, 0.1) is 5.69 Å².